The SMILES string of the molecule is CCC(N)OC=O.Cc1c(O)c(O)c(C)c2[nH]c(C(=O)O)cc12.Cc1cc(C)c2c(c1O)N=C(C(=O)O)CS2.Cc1cc2c(C)c(O)c(O)c(C)c2[nH]1. The number of carbonyl (C=O) groups is 3. The predicted molar refractivity (Wildman–Crippen MR) is 202 cm³/mol. The number of phenolic OH excluding ortho intramolecular Hbond substituents is 5. The summed E-state index contributed by atoms with van der Waals surface area (Å²) in [5.74, 6) is -2.17. The first kappa shape index (κ1) is 41.5. The minimum absolute atomic E-state index is 0.0194. The highest BCUT2D eigenvalue weighted by Gasteiger charge is 2.23. The summed E-state index contributed by atoms with van der Waals surface area (Å²) < 4.78 is 4.29. The van der Waals surface area contributed by atoms with Gasteiger partial charge < -0.3 is 50.5 Å². The van der Waals surface area contributed by atoms with Crippen LogP contribution in [0.25, 0.3) is 21.8 Å². The average Bonchev–Trinajstić information content (AvgIpc) is 3.76. The number of thioether (sulfide) groups is 1. The molecule has 0 radical (unpaired) electrons. The van der Waals surface area contributed by atoms with Gasteiger partial charge in [0.05, 0.1) is 11.0 Å². The molecule has 1 unspecified atom stereocenters. The molecule has 16 heteroatoms. The molecule has 2 aromatic heterocycles. The highest BCUT2D eigenvalue weighted by molar-refractivity contribution is 8.00. The lowest BCUT2D eigenvalue weighted by molar-refractivity contribution is -0.133. The normalized spacial score (nSPS) is 12.2. The molecule has 1 aliphatic rings. The molecule has 5 aromatic rings. The highest BCUT2D eigenvalue weighted by atomic mass is 32.2. The number of aromatic amines is 2. The Labute approximate surface area is 308 Å². The number of carbonyl (C=O) groups excluding carboxylic acids is 1. The van der Waals surface area contributed by atoms with Gasteiger partial charge in [-0.25, -0.2) is 14.6 Å². The van der Waals surface area contributed by atoms with Crippen LogP contribution in [0, 0.1) is 48.5 Å². The van der Waals surface area contributed by atoms with Crippen molar-refractivity contribution in [1.29, 1.82) is 0 Å². The van der Waals surface area contributed by atoms with Gasteiger partial charge >= 0.3 is 11.9 Å². The Hall–Kier alpha value is -5.87. The van der Waals surface area contributed by atoms with Crippen molar-refractivity contribution in [2.45, 2.75) is 72.9 Å². The number of hydrogen-bond donors (Lipinski definition) is 10. The van der Waals surface area contributed by atoms with Crippen molar-refractivity contribution < 1.29 is 54.9 Å². The smallest absolute Gasteiger partial charge is 0.352 e. The molecule has 6 rings (SSSR count). The Kier molecular flexibility index (Phi) is 13.4. The lowest BCUT2D eigenvalue weighted by Crippen LogP contribution is -2.21. The number of aliphatic carboxylic acids is 1. The summed E-state index contributed by atoms with van der Waals surface area (Å²) in [7, 11) is 0. The maximum absolute atomic E-state index is 10.8. The molecule has 0 saturated heterocycles. The number of nitrogens with two attached hydrogens (primary N) is 1. The van der Waals surface area contributed by atoms with E-state index in [1.807, 2.05) is 32.9 Å². The van der Waals surface area contributed by atoms with Crippen LogP contribution in [-0.2, 0) is 14.3 Å². The monoisotopic (exact) mass is 752 g/mol. The Balaban J connectivity index is 0.000000197. The van der Waals surface area contributed by atoms with Crippen LogP contribution in [0.3, 0.4) is 0 Å². The van der Waals surface area contributed by atoms with Crippen molar-refractivity contribution >= 4 is 63.4 Å². The second kappa shape index (κ2) is 17.1. The Morgan fingerprint density at radius 2 is 1.30 bits per heavy atom. The number of carboxylic acids is 2. The van der Waals surface area contributed by atoms with Crippen LogP contribution in [-0.4, -0.2) is 81.8 Å². The minimum Gasteiger partial charge on any atom is -0.505 e. The van der Waals surface area contributed by atoms with E-state index < -0.39 is 18.2 Å². The zero-order valence-electron chi connectivity index (χ0n) is 30.5. The molecule has 0 aliphatic carbocycles. The average molecular weight is 753 g/mol. The standard InChI is InChI=1S/C11H11NO4.C11H11NO3S.C11H13NO2.C4H9NO2/c1-4-6-3-7(11(15)16)12-8(6)5(2)10(14)9(4)13;1-5-3-6(2)10-8(9(5)13)12-7(4-16-10)11(14)15;1-5-4-8-6(2)10(13)11(14)7(3)9(8)12-5;1-2-4(5)7-3-6/h3,12-14H,1-2H3,(H,15,16);3,13H,4H2,1-2H3,(H,14,15);4,12-14H,1-3H3;3-4H,2,5H2,1H3. The van der Waals surface area contributed by atoms with Crippen LogP contribution in [0.15, 0.2) is 28.1 Å². The first-order chi connectivity index (χ1) is 24.8. The molecule has 0 bridgehead atoms. The molecule has 284 valence electrons. The molecule has 1 aliphatic heterocycles. The van der Waals surface area contributed by atoms with Crippen LogP contribution in [0.5, 0.6) is 28.7 Å². The number of fused-ring (bicyclic) bond motifs is 3. The molecule has 15 nitrogen and oxygen atoms in total. The van der Waals surface area contributed by atoms with Crippen LogP contribution in [0.2, 0.25) is 0 Å². The summed E-state index contributed by atoms with van der Waals surface area (Å²) in [6.45, 7) is 14.7. The Bertz CT molecular complexity index is 2150. The quantitative estimate of drug-likeness (QED) is 0.0521. The van der Waals surface area contributed by atoms with E-state index in [1.165, 1.54) is 17.8 Å². The minimum atomic E-state index is -1.08. The van der Waals surface area contributed by atoms with Crippen molar-refractivity contribution in [3.05, 3.63) is 63.0 Å². The Morgan fingerprint density at radius 3 is 1.77 bits per heavy atom. The number of aromatic carboxylic acids is 1. The van der Waals surface area contributed by atoms with E-state index in [1.54, 1.807) is 34.6 Å². The zero-order chi connectivity index (χ0) is 40.1. The fourth-order valence-electron chi connectivity index (χ4n) is 5.35. The topological polar surface area (TPSA) is 272 Å². The van der Waals surface area contributed by atoms with Gasteiger partial charge in [0.2, 0.25) is 0 Å². The molecular formula is C37H44N4O11S. The number of hydrogen-bond acceptors (Lipinski definition) is 12. The number of benzene rings is 3. The second-order valence-corrected chi connectivity index (χ2v) is 13.3. The van der Waals surface area contributed by atoms with E-state index in [9.17, 15) is 39.9 Å². The lowest BCUT2D eigenvalue weighted by Gasteiger charge is -2.17. The second-order valence-electron chi connectivity index (χ2n) is 12.3. The number of phenols is 5. The molecule has 0 spiro atoms. The number of carboxylic acid groups (broad SMARTS) is 2. The molecule has 3 heterocycles. The zero-order valence-corrected chi connectivity index (χ0v) is 31.3. The van der Waals surface area contributed by atoms with Crippen LogP contribution >= 0.6 is 11.8 Å². The van der Waals surface area contributed by atoms with Crippen molar-refractivity contribution in [3.63, 3.8) is 0 Å². The first-order valence-corrected chi connectivity index (χ1v) is 17.1. The molecule has 0 fully saturated rings. The number of nitrogens with zero attached hydrogens (tertiary/aromatic N) is 1. The third kappa shape index (κ3) is 8.96. The van der Waals surface area contributed by atoms with Gasteiger partial charge in [0.15, 0.2) is 23.0 Å². The number of rotatable bonds is 5. The van der Waals surface area contributed by atoms with E-state index >= 15 is 0 Å². The van der Waals surface area contributed by atoms with Gasteiger partial charge in [-0.1, -0.05) is 13.0 Å². The maximum atomic E-state index is 10.8. The molecule has 11 N–H and O–H groups in total. The molecule has 0 amide bonds. The van der Waals surface area contributed by atoms with E-state index in [0.717, 1.165) is 27.1 Å². The van der Waals surface area contributed by atoms with Crippen molar-refractivity contribution in [1.82, 2.24) is 9.97 Å². The summed E-state index contributed by atoms with van der Waals surface area (Å²) in [5, 5.41) is 67.6. The molecule has 3 aromatic carbocycles. The van der Waals surface area contributed by atoms with Crippen molar-refractivity contribution in [3.8, 4) is 28.7 Å². The predicted octanol–water partition coefficient (Wildman–Crippen LogP) is 6.52. The molecule has 0 saturated carbocycles. The van der Waals surface area contributed by atoms with Gasteiger partial charge in [0.25, 0.3) is 6.47 Å². The molecular weight excluding hydrogens is 708 g/mol. The third-order valence-electron chi connectivity index (χ3n) is 8.51. The number of nitrogens with one attached hydrogen (secondary N) is 2. The summed E-state index contributed by atoms with van der Waals surface area (Å²) >= 11 is 1.40. The molecule has 1 atom stereocenters. The van der Waals surface area contributed by atoms with Crippen LogP contribution in [0.1, 0.15) is 62.9 Å². The van der Waals surface area contributed by atoms with Crippen LogP contribution in [0.4, 0.5) is 5.69 Å². The van der Waals surface area contributed by atoms with E-state index in [0.29, 0.717) is 63.1 Å². The Morgan fingerprint density at radius 1 is 0.792 bits per heavy atom. The first-order valence-electron chi connectivity index (χ1n) is 16.2. The van der Waals surface area contributed by atoms with Gasteiger partial charge in [-0.05, 0) is 78.1 Å². The number of aliphatic imine (C=N–C) groups is 1. The molecule has 53 heavy (non-hydrogen) atoms. The summed E-state index contributed by atoms with van der Waals surface area (Å²) in [6, 6.07) is 5.29. The van der Waals surface area contributed by atoms with Gasteiger partial charge in [0, 0.05) is 49.4 Å². The van der Waals surface area contributed by atoms with Gasteiger partial charge in [0.1, 0.15) is 29.1 Å². The third-order valence-corrected chi connectivity index (χ3v) is 9.73. The van der Waals surface area contributed by atoms with Crippen molar-refractivity contribution in [2.75, 3.05) is 5.75 Å². The van der Waals surface area contributed by atoms with Gasteiger partial charge in [-0.2, -0.15) is 0 Å². The maximum Gasteiger partial charge on any atom is 0.352 e. The summed E-state index contributed by atoms with van der Waals surface area (Å²) in [4.78, 5) is 41.8. The highest BCUT2D eigenvalue weighted by Crippen LogP contribution is 2.44. The van der Waals surface area contributed by atoms with E-state index in [-0.39, 0.29) is 40.2 Å². The fourth-order valence-corrected chi connectivity index (χ4v) is 6.39. The van der Waals surface area contributed by atoms with E-state index in [4.69, 9.17) is 15.9 Å². The van der Waals surface area contributed by atoms with Crippen molar-refractivity contribution in [2.24, 2.45) is 10.7 Å². The number of ether oxygens (including phenoxy) is 1. The van der Waals surface area contributed by atoms with Gasteiger partial charge in [-0.15, -0.1) is 11.8 Å². The number of aromatic hydroxyl groups is 5. The largest absolute Gasteiger partial charge is 0.505 e. The van der Waals surface area contributed by atoms with E-state index in [2.05, 4.69) is 19.7 Å². The number of aromatic nitrogens is 2. The number of H-pyrrole nitrogens is 2. The lowest BCUT2D eigenvalue weighted by atomic mass is 10.1. The summed E-state index contributed by atoms with van der Waals surface area (Å²) in [5.41, 5.74) is 12.1. The van der Waals surface area contributed by atoms with Gasteiger partial charge in [-0.3, -0.25) is 10.5 Å². The fraction of sp³-hybridized carbons (Fsp3) is 0.297. The number of aryl methyl sites for hydroxylation is 7. The summed E-state index contributed by atoms with van der Waals surface area (Å²) in [6.07, 6.45) is 0.246. The van der Waals surface area contributed by atoms with Crippen LogP contribution < -0.4 is 5.73 Å².